The van der Waals surface area contributed by atoms with Gasteiger partial charge in [-0.3, -0.25) is 12.2 Å². The monoisotopic (exact) mass is 357 g/mol. The molecule has 1 radical (unpaired) electrons. The fourth-order valence-electron chi connectivity index (χ4n) is 2.81. The van der Waals surface area contributed by atoms with E-state index in [-0.39, 0.29) is 41.8 Å². The van der Waals surface area contributed by atoms with Crippen LogP contribution in [-0.4, -0.2) is 0 Å². The molecule has 2 rings (SSSR count). The summed E-state index contributed by atoms with van der Waals surface area (Å²) in [6.45, 7) is 21.8. The van der Waals surface area contributed by atoms with Gasteiger partial charge in [-0.1, -0.05) is 66.2 Å². The molecule has 0 aromatic carbocycles. The van der Waals surface area contributed by atoms with E-state index >= 15 is 0 Å². The molecule has 2 aliphatic carbocycles. The second-order valence-electron chi connectivity index (χ2n) is 7.25. The van der Waals surface area contributed by atoms with Crippen molar-refractivity contribution in [2.75, 3.05) is 0 Å². The van der Waals surface area contributed by atoms with Crippen molar-refractivity contribution in [3.05, 3.63) is 45.6 Å². The Balaban J connectivity index is 0. The molecule has 123 valence electrons. The van der Waals surface area contributed by atoms with Crippen LogP contribution < -0.4 is 0 Å². The molecule has 2 heteroatoms. The first kappa shape index (κ1) is 24.1. The van der Waals surface area contributed by atoms with Gasteiger partial charge in [-0.05, 0) is 0 Å². The van der Waals surface area contributed by atoms with Crippen LogP contribution in [0.2, 0.25) is 0 Å². The molecule has 2 aliphatic rings. The number of allylic oxidation sites excluding steroid dienone is 8. The van der Waals surface area contributed by atoms with Gasteiger partial charge in [0.25, 0.3) is 0 Å². The average Bonchev–Trinajstić information content (AvgIpc) is 2.60. The summed E-state index contributed by atoms with van der Waals surface area (Å²) in [5.74, 6) is 0. The van der Waals surface area contributed by atoms with E-state index in [2.05, 4.69) is 81.4 Å². The van der Waals surface area contributed by atoms with Crippen molar-refractivity contribution in [1.29, 1.82) is 0 Å². The predicted molar refractivity (Wildman–Crippen MR) is 96.4 cm³/mol. The van der Waals surface area contributed by atoms with Crippen LogP contribution in [0.3, 0.4) is 0 Å². The smallest absolute Gasteiger partial charge is 0.263 e. The van der Waals surface area contributed by atoms with Crippen LogP contribution >= 0.6 is 12.4 Å². The number of hydrogen-bond donors (Lipinski definition) is 0. The molecule has 0 amide bonds. The molecule has 0 nitrogen and oxygen atoms in total. The second-order valence-corrected chi connectivity index (χ2v) is 7.25. The molecule has 0 N–H and O–H groups in total. The number of hydrogen-bond acceptors (Lipinski definition) is 0. The van der Waals surface area contributed by atoms with Gasteiger partial charge in [-0.25, -0.2) is 11.1 Å². The zero-order valence-electron chi connectivity index (χ0n) is 15.9. The van der Waals surface area contributed by atoms with Crippen molar-refractivity contribution in [3.8, 4) is 0 Å². The Morgan fingerprint density at radius 3 is 0.864 bits per heavy atom. The van der Waals surface area contributed by atoms with Crippen molar-refractivity contribution in [3.63, 3.8) is 0 Å². The average molecular weight is 358 g/mol. The molecule has 0 spiro atoms. The summed E-state index contributed by atoms with van der Waals surface area (Å²) in [7, 11) is 0. The largest absolute Gasteiger partial charge is 2.00 e. The molecule has 0 atom stereocenters. The zero-order valence-corrected chi connectivity index (χ0v) is 18.1. The Kier molecular flexibility index (Phi) is 8.86. The Morgan fingerprint density at radius 1 is 0.591 bits per heavy atom. The molecule has 0 heterocycles. The van der Waals surface area contributed by atoms with Crippen molar-refractivity contribution < 1.29 is 18.6 Å². The van der Waals surface area contributed by atoms with Crippen molar-refractivity contribution in [1.82, 2.24) is 0 Å². The maximum Gasteiger partial charge on any atom is 2.00 e. The number of rotatable bonds is 0. The summed E-state index contributed by atoms with van der Waals surface area (Å²) >= 11 is 0. The maximum atomic E-state index is 3.44. The van der Waals surface area contributed by atoms with Gasteiger partial charge in [0.2, 0.25) is 0 Å². The fraction of sp³-hybridized carbons (Fsp3) is 0.600. The van der Waals surface area contributed by atoms with Crippen LogP contribution in [0.4, 0.5) is 0 Å². The van der Waals surface area contributed by atoms with E-state index in [0.717, 1.165) is 0 Å². The minimum atomic E-state index is 0. The van der Waals surface area contributed by atoms with Gasteiger partial charge in [0.05, 0.1) is 0 Å². The van der Waals surface area contributed by atoms with Crippen LogP contribution in [0.15, 0.2) is 33.4 Å². The molecular weight excluding hydrogens is 327 g/mol. The van der Waals surface area contributed by atoms with Gasteiger partial charge in [-0.2, -0.15) is 22.3 Å². The zero-order chi connectivity index (χ0) is 15.9. The molecule has 0 bridgehead atoms. The third-order valence-corrected chi connectivity index (χ3v) is 5.12. The standard InChI is InChI=1S/2C10H15.ClH.V/c2*1-7-6-10(4,5)9(3)8(7)2;;/h2*1-5H3;1H;/q2*-1;;+2. The first-order valence-corrected chi connectivity index (χ1v) is 7.50. The van der Waals surface area contributed by atoms with Crippen LogP contribution in [0.1, 0.15) is 69.2 Å². The van der Waals surface area contributed by atoms with E-state index in [1.54, 1.807) is 0 Å². The van der Waals surface area contributed by atoms with Crippen LogP contribution in [0, 0.1) is 23.0 Å². The quantitative estimate of drug-likeness (QED) is 0.426. The van der Waals surface area contributed by atoms with Crippen LogP contribution in [0.25, 0.3) is 0 Å². The first-order valence-electron chi connectivity index (χ1n) is 7.50. The van der Waals surface area contributed by atoms with Gasteiger partial charge < -0.3 is 0 Å². The summed E-state index contributed by atoms with van der Waals surface area (Å²) < 4.78 is 0. The molecule has 0 aliphatic heterocycles. The summed E-state index contributed by atoms with van der Waals surface area (Å²) in [5, 5.41) is 0. The Bertz CT molecular complexity index is 490. The van der Waals surface area contributed by atoms with Gasteiger partial charge in [0.1, 0.15) is 0 Å². The van der Waals surface area contributed by atoms with Crippen molar-refractivity contribution >= 4 is 12.4 Å². The molecule has 0 aromatic rings. The normalized spacial score (nSPS) is 21.4. The SMILES string of the molecule is CC1=[C-]C(C)(C)C(C)=C1C.CC1=[C-]C(C)(C)C(C)=C1C.Cl.[V+2]. The van der Waals surface area contributed by atoms with Crippen LogP contribution in [0.5, 0.6) is 0 Å². The van der Waals surface area contributed by atoms with Gasteiger partial charge in [0, 0.05) is 0 Å². The Hall–Kier alpha value is -0.166. The third-order valence-electron chi connectivity index (χ3n) is 5.12. The molecule has 0 fully saturated rings. The molecule has 22 heavy (non-hydrogen) atoms. The molecule has 0 saturated carbocycles. The maximum absolute atomic E-state index is 3.44. The van der Waals surface area contributed by atoms with E-state index in [1.807, 2.05) is 0 Å². The Labute approximate surface area is 156 Å². The topological polar surface area (TPSA) is 0 Å². The van der Waals surface area contributed by atoms with Crippen molar-refractivity contribution in [2.24, 2.45) is 10.8 Å². The summed E-state index contributed by atoms with van der Waals surface area (Å²) in [6.07, 6.45) is 6.87. The van der Waals surface area contributed by atoms with Crippen molar-refractivity contribution in [2.45, 2.75) is 69.2 Å². The third kappa shape index (κ3) is 4.92. The second kappa shape index (κ2) is 8.09. The summed E-state index contributed by atoms with van der Waals surface area (Å²) in [4.78, 5) is 0. The van der Waals surface area contributed by atoms with E-state index in [1.165, 1.54) is 33.4 Å². The summed E-state index contributed by atoms with van der Waals surface area (Å²) in [6, 6.07) is 0. The minimum Gasteiger partial charge on any atom is -0.263 e. The van der Waals surface area contributed by atoms with E-state index in [0.29, 0.717) is 0 Å². The van der Waals surface area contributed by atoms with Gasteiger partial charge in [-0.15, -0.1) is 26.3 Å². The molecule has 0 aromatic heterocycles. The Morgan fingerprint density at radius 2 is 0.818 bits per heavy atom. The number of halogens is 1. The molecule has 0 unspecified atom stereocenters. The van der Waals surface area contributed by atoms with E-state index < -0.39 is 0 Å². The summed E-state index contributed by atoms with van der Waals surface area (Å²) in [5.41, 5.74) is 8.79. The molecular formula is C20H31ClV. The van der Waals surface area contributed by atoms with E-state index in [4.69, 9.17) is 0 Å². The van der Waals surface area contributed by atoms with Crippen LogP contribution in [-0.2, 0) is 18.6 Å². The first-order chi connectivity index (χ1) is 8.90. The predicted octanol–water partition coefficient (Wildman–Crippen LogP) is 6.64. The fourth-order valence-corrected chi connectivity index (χ4v) is 2.81. The van der Waals surface area contributed by atoms with Gasteiger partial charge in [0.15, 0.2) is 0 Å². The van der Waals surface area contributed by atoms with Gasteiger partial charge >= 0.3 is 18.6 Å². The molecule has 0 saturated heterocycles. The van der Waals surface area contributed by atoms with E-state index in [9.17, 15) is 0 Å². The minimum absolute atomic E-state index is 0.